The molecular weight excluding hydrogens is 158 g/mol. The molecule has 0 atom stereocenters. The smallest absolute Gasteiger partial charge is 0.309 e. The second-order valence-corrected chi connectivity index (χ2v) is 2.47. The van der Waals surface area contributed by atoms with Crippen LogP contribution in [0.25, 0.3) is 0 Å². The summed E-state index contributed by atoms with van der Waals surface area (Å²) in [5.41, 5.74) is 0. The van der Waals surface area contributed by atoms with Gasteiger partial charge in [0.2, 0.25) is 0 Å². The van der Waals surface area contributed by atoms with Crippen molar-refractivity contribution in [3.8, 4) is 0 Å². The van der Waals surface area contributed by atoms with Gasteiger partial charge in [-0.25, -0.2) is 0 Å². The van der Waals surface area contributed by atoms with Crippen LogP contribution in [-0.2, 0) is 9.59 Å². The normalized spacial score (nSPS) is 20.8. The van der Waals surface area contributed by atoms with Crippen molar-refractivity contribution in [2.45, 2.75) is 6.10 Å². The fraction of sp³-hybridized carbons (Fsp3) is 0.600. The van der Waals surface area contributed by atoms with Gasteiger partial charge in [0.05, 0.1) is 18.5 Å². The van der Waals surface area contributed by atoms with Crippen LogP contribution in [0, 0.1) is 0 Å². The van der Waals surface area contributed by atoms with Gasteiger partial charge >= 0.3 is 14.8 Å². The van der Waals surface area contributed by atoms with E-state index >= 15 is 0 Å². The maximum Gasteiger partial charge on any atom is 0.309 e. The lowest BCUT2D eigenvalue weighted by atomic mass is 9.93. The summed E-state index contributed by atoms with van der Waals surface area (Å²) >= 11 is 0. The third-order valence-corrected chi connectivity index (χ3v) is 1.59. The standard InChI is InChI=1S/C5H8B2N2O3/c10-3-6-8-1-5(12)2-9(8)7-4-11/h3-5,12H,1-2H2. The van der Waals surface area contributed by atoms with Crippen molar-refractivity contribution in [2.24, 2.45) is 0 Å². The molecule has 1 aliphatic rings. The lowest BCUT2D eigenvalue weighted by molar-refractivity contribution is 0.200. The summed E-state index contributed by atoms with van der Waals surface area (Å²) in [6, 6.07) is 0. The van der Waals surface area contributed by atoms with Gasteiger partial charge in [-0.05, 0) is 0 Å². The number of β-amino-alcohol motifs (C(OH)–C–C–N with tert-alkyl or cyclic N) is 1. The average Bonchev–Trinajstić information content (AvgIpc) is 2.33. The predicted octanol–water partition coefficient (Wildman–Crippen LogP) is -2.50. The van der Waals surface area contributed by atoms with Gasteiger partial charge in [-0.3, -0.25) is 9.84 Å². The lowest BCUT2D eigenvalue weighted by Crippen LogP contribution is -2.42. The van der Waals surface area contributed by atoms with Crippen LogP contribution in [0.3, 0.4) is 0 Å². The van der Waals surface area contributed by atoms with E-state index in [2.05, 4.69) is 0 Å². The topological polar surface area (TPSA) is 60.9 Å². The number of hydrazine groups is 1. The Labute approximate surface area is 71.8 Å². The van der Waals surface area contributed by atoms with Gasteiger partial charge in [0.1, 0.15) is 0 Å². The Kier molecular flexibility index (Phi) is 3.46. The molecule has 2 radical (unpaired) electrons. The van der Waals surface area contributed by atoms with Crippen LogP contribution in [0.4, 0.5) is 0 Å². The van der Waals surface area contributed by atoms with E-state index in [0.29, 0.717) is 25.5 Å². The molecule has 0 bridgehead atoms. The minimum absolute atomic E-state index is 0.350. The number of hydrogen-bond donors (Lipinski definition) is 1. The fourth-order valence-electron chi connectivity index (χ4n) is 1.13. The first kappa shape index (κ1) is 9.44. The Morgan fingerprint density at radius 1 is 1.17 bits per heavy atom. The molecule has 0 unspecified atom stereocenters. The number of carbonyl (C=O) groups is 2. The maximum atomic E-state index is 10.1. The highest BCUT2D eigenvalue weighted by Gasteiger charge is 2.28. The molecule has 0 aromatic heterocycles. The first-order valence-electron chi connectivity index (χ1n) is 3.56. The molecule has 0 aliphatic carbocycles. The Morgan fingerprint density at radius 2 is 1.58 bits per heavy atom. The van der Waals surface area contributed by atoms with Crippen LogP contribution < -0.4 is 0 Å². The van der Waals surface area contributed by atoms with E-state index in [0.717, 1.165) is 0 Å². The molecule has 0 amide bonds. The summed E-state index contributed by atoms with van der Waals surface area (Å²) in [5, 5.41) is 9.17. The van der Waals surface area contributed by atoms with Crippen LogP contribution in [0.1, 0.15) is 0 Å². The number of rotatable bonds is 4. The van der Waals surface area contributed by atoms with Gasteiger partial charge < -0.3 is 14.7 Å². The first-order chi connectivity index (χ1) is 5.77. The van der Waals surface area contributed by atoms with Gasteiger partial charge in [0.25, 0.3) is 0 Å². The van der Waals surface area contributed by atoms with Crippen LogP contribution in [0.2, 0.25) is 0 Å². The number of nitrogens with zero attached hydrogens (tertiary/aromatic N) is 2. The van der Waals surface area contributed by atoms with Gasteiger partial charge in [-0.1, -0.05) is 0 Å². The maximum absolute atomic E-state index is 10.1. The highest BCUT2D eigenvalue weighted by molar-refractivity contribution is 6.67. The summed E-state index contributed by atoms with van der Waals surface area (Å²) in [6.07, 6.45) is 0.713. The zero-order chi connectivity index (χ0) is 8.97. The van der Waals surface area contributed by atoms with E-state index in [1.807, 2.05) is 0 Å². The Balaban J connectivity index is 2.46. The molecule has 1 heterocycles. The summed E-state index contributed by atoms with van der Waals surface area (Å²) < 4.78 is 0. The minimum Gasteiger partial charge on any atom is -0.390 e. The fourth-order valence-corrected chi connectivity index (χ4v) is 1.13. The zero-order valence-electron chi connectivity index (χ0n) is 6.46. The molecule has 62 valence electrons. The molecular formula is C5H8B2N2O3. The quantitative estimate of drug-likeness (QED) is 0.369. The van der Waals surface area contributed by atoms with E-state index < -0.39 is 6.10 Å². The third-order valence-electron chi connectivity index (χ3n) is 1.59. The second-order valence-electron chi connectivity index (χ2n) is 2.47. The van der Waals surface area contributed by atoms with Crippen molar-refractivity contribution in [2.75, 3.05) is 13.1 Å². The molecule has 0 spiro atoms. The summed E-state index contributed by atoms with van der Waals surface area (Å²) in [5.74, 6) is 0. The second kappa shape index (κ2) is 4.39. The van der Waals surface area contributed by atoms with E-state index in [-0.39, 0.29) is 0 Å². The number of aliphatic hydroxyl groups is 1. The Morgan fingerprint density at radius 3 is 1.92 bits per heavy atom. The molecule has 0 saturated carbocycles. The minimum atomic E-state index is -0.516. The SMILES string of the molecule is O=C[B]N1CC(O)CN1[B]C=O. The third kappa shape index (κ3) is 2.17. The molecule has 0 aromatic carbocycles. The van der Waals surface area contributed by atoms with Crippen LogP contribution in [0.5, 0.6) is 0 Å². The molecule has 12 heavy (non-hydrogen) atoms. The molecule has 7 heteroatoms. The van der Waals surface area contributed by atoms with Crippen molar-refractivity contribution in [3.63, 3.8) is 0 Å². The molecule has 0 aromatic rings. The first-order valence-corrected chi connectivity index (χ1v) is 3.56. The van der Waals surface area contributed by atoms with Gasteiger partial charge in [0, 0.05) is 13.1 Å². The predicted molar refractivity (Wildman–Crippen MR) is 44.4 cm³/mol. The number of carbonyl (C=O) groups excluding carboxylic acids is 2. The highest BCUT2D eigenvalue weighted by Crippen LogP contribution is 2.06. The van der Waals surface area contributed by atoms with Gasteiger partial charge in [0.15, 0.2) is 0 Å². The molecule has 1 rings (SSSR count). The van der Waals surface area contributed by atoms with E-state index in [1.165, 1.54) is 24.7 Å². The molecule has 1 N–H and O–H groups in total. The summed E-state index contributed by atoms with van der Waals surface area (Å²) in [6.45, 7) is 0.701. The van der Waals surface area contributed by atoms with Crippen LogP contribution >= 0.6 is 0 Å². The average molecular weight is 166 g/mol. The van der Waals surface area contributed by atoms with Crippen LogP contribution in [0.15, 0.2) is 0 Å². The van der Waals surface area contributed by atoms with Crippen molar-refractivity contribution in [1.29, 1.82) is 0 Å². The zero-order valence-corrected chi connectivity index (χ0v) is 6.46. The molecule has 1 aliphatic heterocycles. The van der Waals surface area contributed by atoms with Crippen molar-refractivity contribution in [3.05, 3.63) is 0 Å². The lowest BCUT2D eigenvalue weighted by Gasteiger charge is -2.22. The van der Waals surface area contributed by atoms with Crippen molar-refractivity contribution in [1.82, 2.24) is 9.84 Å². The number of hydrogen-bond acceptors (Lipinski definition) is 5. The molecule has 5 nitrogen and oxygen atoms in total. The van der Waals surface area contributed by atoms with Gasteiger partial charge in [-0.2, -0.15) is 0 Å². The highest BCUT2D eigenvalue weighted by atomic mass is 16.3. The van der Waals surface area contributed by atoms with Crippen molar-refractivity contribution < 1.29 is 14.7 Å². The largest absolute Gasteiger partial charge is 0.390 e. The van der Waals surface area contributed by atoms with E-state index in [4.69, 9.17) is 5.11 Å². The Bertz CT molecular complexity index is 162. The van der Waals surface area contributed by atoms with E-state index in [9.17, 15) is 9.59 Å². The van der Waals surface area contributed by atoms with Gasteiger partial charge in [-0.15, -0.1) is 0 Å². The summed E-state index contributed by atoms with van der Waals surface area (Å²) in [4.78, 5) is 23.2. The number of aliphatic hydroxyl groups excluding tert-OH is 1. The Hall–Kier alpha value is -0.650. The summed E-state index contributed by atoms with van der Waals surface area (Å²) in [7, 11) is 2.55. The van der Waals surface area contributed by atoms with E-state index in [1.54, 1.807) is 0 Å². The van der Waals surface area contributed by atoms with Crippen molar-refractivity contribution >= 4 is 27.2 Å². The molecule has 1 fully saturated rings. The van der Waals surface area contributed by atoms with Crippen LogP contribution in [-0.4, -0.2) is 61.3 Å². The molecule has 1 saturated heterocycles. The monoisotopic (exact) mass is 166 g/mol.